The molecule has 0 saturated heterocycles. The van der Waals surface area contributed by atoms with E-state index in [1.165, 1.54) is 6.92 Å². The van der Waals surface area contributed by atoms with Crippen LogP contribution >= 0.6 is 11.3 Å². The number of carbonyl (C=O) groups is 1. The van der Waals surface area contributed by atoms with Crippen LogP contribution in [0.4, 0.5) is 5.69 Å². The van der Waals surface area contributed by atoms with E-state index < -0.39 is 5.91 Å². The Balaban J connectivity index is 1.96. The summed E-state index contributed by atoms with van der Waals surface area (Å²) in [6, 6.07) is 15.1. The van der Waals surface area contributed by atoms with Crippen molar-refractivity contribution in [3.63, 3.8) is 0 Å². The molecule has 100 valence electrons. The summed E-state index contributed by atoms with van der Waals surface area (Å²) in [5, 5.41) is 11.1. The third kappa shape index (κ3) is 2.29. The highest BCUT2D eigenvalue weighted by Crippen LogP contribution is 2.30. The fourth-order valence-corrected chi connectivity index (χ4v) is 2.89. The Morgan fingerprint density at radius 2 is 1.85 bits per heavy atom. The number of hydroxylamine groups is 1. The Morgan fingerprint density at radius 1 is 1.15 bits per heavy atom. The second kappa shape index (κ2) is 5.03. The molecule has 1 aromatic heterocycles. The predicted molar refractivity (Wildman–Crippen MR) is 80.0 cm³/mol. The number of aromatic nitrogens is 1. The summed E-state index contributed by atoms with van der Waals surface area (Å²) in [6.07, 6.45) is 0. The van der Waals surface area contributed by atoms with E-state index in [2.05, 4.69) is 4.98 Å². The first-order valence-corrected chi connectivity index (χ1v) is 6.92. The van der Waals surface area contributed by atoms with Gasteiger partial charge in [-0.15, -0.1) is 11.3 Å². The molecule has 0 aliphatic heterocycles. The molecule has 1 N–H and O–H groups in total. The van der Waals surface area contributed by atoms with Crippen molar-refractivity contribution in [1.82, 2.24) is 4.98 Å². The maximum Gasteiger partial charge on any atom is 0.247 e. The van der Waals surface area contributed by atoms with Crippen molar-refractivity contribution >= 4 is 33.1 Å². The van der Waals surface area contributed by atoms with Crippen molar-refractivity contribution in [2.24, 2.45) is 0 Å². The number of rotatable bonds is 2. The molecule has 0 unspecified atom stereocenters. The second-order valence-corrected chi connectivity index (χ2v) is 5.40. The minimum atomic E-state index is -0.419. The standard InChI is InChI=1S/C15H12N2O2S/c1-10(18)17(19)12-8-6-11(7-9-12)15-16-13-4-2-3-5-14(13)20-15/h2-9,19H,1H3. The highest BCUT2D eigenvalue weighted by atomic mass is 32.1. The highest BCUT2D eigenvalue weighted by molar-refractivity contribution is 7.21. The summed E-state index contributed by atoms with van der Waals surface area (Å²) < 4.78 is 1.14. The molecular formula is C15H12N2O2S. The van der Waals surface area contributed by atoms with Crippen molar-refractivity contribution in [2.75, 3.05) is 5.06 Å². The number of amides is 1. The molecule has 0 spiro atoms. The van der Waals surface area contributed by atoms with Crippen LogP contribution in [-0.4, -0.2) is 16.1 Å². The van der Waals surface area contributed by atoms with Gasteiger partial charge in [0.05, 0.1) is 15.9 Å². The lowest BCUT2D eigenvalue weighted by Gasteiger charge is -2.12. The smallest absolute Gasteiger partial charge is 0.247 e. The molecule has 4 nitrogen and oxygen atoms in total. The van der Waals surface area contributed by atoms with Gasteiger partial charge in [0, 0.05) is 12.5 Å². The maximum atomic E-state index is 11.1. The largest absolute Gasteiger partial charge is 0.281 e. The molecule has 0 fully saturated rings. The monoisotopic (exact) mass is 284 g/mol. The molecule has 0 aliphatic carbocycles. The van der Waals surface area contributed by atoms with Crippen LogP contribution in [0.1, 0.15) is 6.92 Å². The molecule has 0 radical (unpaired) electrons. The van der Waals surface area contributed by atoms with E-state index in [1.807, 2.05) is 36.4 Å². The predicted octanol–water partition coefficient (Wildman–Crippen LogP) is 3.71. The van der Waals surface area contributed by atoms with Gasteiger partial charge in [-0.05, 0) is 36.4 Å². The van der Waals surface area contributed by atoms with E-state index in [0.717, 1.165) is 20.8 Å². The molecule has 2 aromatic carbocycles. The van der Waals surface area contributed by atoms with E-state index in [-0.39, 0.29) is 0 Å². The Morgan fingerprint density at radius 3 is 2.50 bits per heavy atom. The van der Waals surface area contributed by atoms with E-state index in [1.54, 1.807) is 23.5 Å². The summed E-state index contributed by atoms with van der Waals surface area (Å²) in [5.74, 6) is -0.419. The molecule has 3 rings (SSSR count). The van der Waals surface area contributed by atoms with Crippen LogP contribution < -0.4 is 5.06 Å². The van der Waals surface area contributed by atoms with Gasteiger partial charge in [-0.25, -0.2) is 4.98 Å². The van der Waals surface area contributed by atoms with Crippen molar-refractivity contribution in [3.05, 3.63) is 48.5 Å². The van der Waals surface area contributed by atoms with Crippen LogP contribution in [0.3, 0.4) is 0 Å². The van der Waals surface area contributed by atoms with Gasteiger partial charge in [0.2, 0.25) is 5.91 Å². The number of carbonyl (C=O) groups excluding carboxylic acids is 1. The van der Waals surface area contributed by atoms with Crippen LogP contribution in [0.5, 0.6) is 0 Å². The molecular weight excluding hydrogens is 272 g/mol. The molecule has 5 heteroatoms. The summed E-state index contributed by atoms with van der Waals surface area (Å²) in [6.45, 7) is 1.31. The lowest BCUT2D eigenvalue weighted by molar-refractivity contribution is -0.121. The number of para-hydroxylation sites is 1. The van der Waals surface area contributed by atoms with Crippen LogP contribution in [0.15, 0.2) is 48.5 Å². The average Bonchev–Trinajstić information content (AvgIpc) is 2.90. The van der Waals surface area contributed by atoms with Gasteiger partial charge in [-0.2, -0.15) is 5.06 Å². The molecule has 3 aromatic rings. The average molecular weight is 284 g/mol. The summed E-state index contributed by atoms with van der Waals surface area (Å²) in [4.78, 5) is 15.7. The lowest BCUT2D eigenvalue weighted by Crippen LogP contribution is -2.23. The Labute approximate surface area is 119 Å². The molecule has 0 atom stereocenters. The number of thiazole rings is 1. The van der Waals surface area contributed by atoms with Crippen molar-refractivity contribution < 1.29 is 10.0 Å². The van der Waals surface area contributed by atoms with Gasteiger partial charge < -0.3 is 0 Å². The van der Waals surface area contributed by atoms with Crippen molar-refractivity contribution in [2.45, 2.75) is 6.92 Å². The van der Waals surface area contributed by atoms with Gasteiger partial charge in [-0.3, -0.25) is 10.0 Å². The zero-order valence-corrected chi connectivity index (χ0v) is 11.6. The van der Waals surface area contributed by atoms with Gasteiger partial charge >= 0.3 is 0 Å². The first-order valence-electron chi connectivity index (χ1n) is 6.11. The lowest BCUT2D eigenvalue weighted by atomic mass is 10.2. The van der Waals surface area contributed by atoms with Crippen LogP contribution in [0.2, 0.25) is 0 Å². The van der Waals surface area contributed by atoms with Gasteiger partial charge in [-0.1, -0.05) is 12.1 Å². The number of benzene rings is 2. The van der Waals surface area contributed by atoms with Crippen molar-refractivity contribution in [1.29, 1.82) is 0 Å². The number of anilines is 1. The van der Waals surface area contributed by atoms with Crippen LogP contribution in [-0.2, 0) is 4.79 Å². The Kier molecular flexibility index (Phi) is 3.22. The van der Waals surface area contributed by atoms with Gasteiger partial charge in [0.25, 0.3) is 0 Å². The zero-order valence-electron chi connectivity index (χ0n) is 10.8. The third-order valence-corrected chi connectivity index (χ3v) is 4.04. The van der Waals surface area contributed by atoms with Gasteiger partial charge in [0.15, 0.2) is 0 Å². The van der Waals surface area contributed by atoms with E-state index in [0.29, 0.717) is 10.8 Å². The van der Waals surface area contributed by atoms with Crippen LogP contribution in [0, 0.1) is 0 Å². The van der Waals surface area contributed by atoms with Gasteiger partial charge in [0.1, 0.15) is 5.01 Å². The quantitative estimate of drug-likeness (QED) is 0.576. The van der Waals surface area contributed by atoms with E-state index in [9.17, 15) is 10.0 Å². The fraction of sp³-hybridized carbons (Fsp3) is 0.0667. The number of nitrogens with zero attached hydrogens (tertiary/aromatic N) is 2. The van der Waals surface area contributed by atoms with E-state index >= 15 is 0 Å². The molecule has 20 heavy (non-hydrogen) atoms. The molecule has 1 heterocycles. The normalized spacial score (nSPS) is 10.7. The van der Waals surface area contributed by atoms with Crippen LogP contribution in [0.25, 0.3) is 20.8 Å². The maximum absolute atomic E-state index is 11.1. The fourth-order valence-electron chi connectivity index (χ4n) is 1.92. The molecule has 0 saturated carbocycles. The number of hydrogen-bond donors (Lipinski definition) is 1. The zero-order chi connectivity index (χ0) is 14.1. The highest BCUT2D eigenvalue weighted by Gasteiger charge is 2.09. The third-order valence-electron chi connectivity index (χ3n) is 2.95. The summed E-state index contributed by atoms with van der Waals surface area (Å²) in [5.41, 5.74) is 2.39. The Bertz CT molecular complexity index is 732. The Hall–Kier alpha value is -2.24. The summed E-state index contributed by atoms with van der Waals surface area (Å²) in [7, 11) is 0. The van der Waals surface area contributed by atoms with Crippen molar-refractivity contribution in [3.8, 4) is 10.6 Å². The number of hydrogen-bond acceptors (Lipinski definition) is 4. The topological polar surface area (TPSA) is 53.4 Å². The molecule has 0 bridgehead atoms. The summed E-state index contributed by atoms with van der Waals surface area (Å²) >= 11 is 1.62. The number of fused-ring (bicyclic) bond motifs is 1. The first kappa shape index (κ1) is 12.8. The first-order chi connectivity index (χ1) is 9.65. The molecule has 0 aliphatic rings. The minimum Gasteiger partial charge on any atom is -0.281 e. The minimum absolute atomic E-state index is 0.419. The molecule has 1 amide bonds. The SMILES string of the molecule is CC(=O)N(O)c1ccc(-c2nc3ccccc3s2)cc1. The second-order valence-electron chi connectivity index (χ2n) is 4.36. The van der Waals surface area contributed by atoms with E-state index in [4.69, 9.17) is 0 Å².